The van der Waals surface area contributed by atoms with E-state index < -0.39 is 0 Å². The van der Waals surface area contributed by atoms with Gasteiger partial charge in [-0.2, -0.15) is 5.10 Å². The third-order valence-corrected chi connectivity index (χ3v) is 4.61. The zero-order valence-corrected chi connectivity index (χ0v) is 12.4. The molecule has 4 heterocycles. The Morgan fingerprint density at radius 2 is 2.18 bits per heavy atom. The Labute approximate surface area is 128 Å². The largest absolute Gasteiger partial charge is 0.330 e. The predicted octanol–water partition coefficient (Wildman–Crippen LogP) is 1.43. The van der Waals surface area contributed by atoms with Gasteiger partial charge in [0.1, 0.15) is 0 Å². The van der Waals surface area contributed by atoms with E-state index in [4.69, 9.17) is 0 Å². The predicted molar refractivity (Wildman–Crippen MR) is 81.2 cm³/mol. The van der Waals surface area contributed by atoms with Gasteiger partial charge in [-0.05, 0) is 30.5 Å². The lowest BCUT2D eigenvalue weighted by molar-refractivity contribution is 0.0728. The van der Waals surface area contributed by atoms with Crippen LogP contribution in [0.3, 0.4) is 0 Å². The summed E-state index contributed by atoms with van der Waals surface area (Å²) in [5.74, 6) is 0.0421. The Morgan fingerprint density at radius 1 is 1.32 bits per heavy atom. The number of rotatable bonds is 2. The number of pyridine rings is 1. The average molecular weight is 297 g/mol. The van der Waals surface area contributed by atoms with Gasteiger partial charge in [0.25, 0.3) is 5.91 Å². The van der Waals surface area contributed by atoms with Gasteiger partial charge in [-0.3, -0.25) is 14.9 Å². The molecule has 0 saturated carbocycles. The summed E-state index contributed by atoms with van der Waals surface area (Å²) in [6, 6.07) is 4.13. The minimum atomic E-state index is 0.0421. The fourth-order valence-electron chi connectivity index (χ4n) is 3.48. The van der Waals surface area contributed by atoms with E-state index >= 15 is 0 Å². The Balaban J connectivity index is 1.63. The third-order valence-electron chi connectivity index (χ3n) is 4.61. The molecule has 2 aromatic heterocycles. The van der Waals surface area contributed by atoms with E-state index in [1.807, 2.05) is 17.0 Å². The Morgan fingerprint density at radius 3 is 3.05 bits per heavy atom. The molecular weight excluding hydrogens is 278 g/mol. The molecule has 1 unspecified atom stereocenters. The van der Waals surface area contributed by atoms with E-state index in [-0.39, 0.29) is 11.9 Å². The highest BCUT2D eigenvalue weighted by Gasteiger charge is 2.33. The zero-order valence-electron chi connectivity index (χ0n) is 12.4. The van der Waals surface area contributed by atoms with E-state index in [2.05, 4.69) is 20.5 Å². The van der Waals surface area contributed by atoms with Crippen molar-refractivity contribution in [2.45, 2.75) is 31.8 Å². The number of H-pyrrole nitrogens is 1. The van der Waals surface area contributed by atoms with Crippen molar-refractivity contribution in [1.29, 1.82) is 0 Å². The van der Waals surface area contributed by atoms with E-state index in [0.29, 0.717) is 5.69 Å². The lowest BCUT2D eigenvalue weighted by Crippen LogP contribution is -2.32. The minimum Gasteiger partial charge on any atom is -0.330 e. The number of fused-ring (bicyclic) bond motifs is 1. The molecule has 2 aromatic rings. The molecular formula is C16H19N5O. The average Bonchev–Trinajstić information content (AvgIpc) is 3.22. The van der Waals surface area contributed by atoms with Crippen LogP contribution in [0.5, 0.6) is 0 Å². The molecule has 1 saturated heterocycles. The number of aromatic amines is 1. The molecule has 2 aliphatic rings. The molecule has 6 heteroatoms. The number of amides is 1. The van der Waals surface area contributed by atoms with Crippen LogP contribution in [0.4, 0.5) is 0 Å². The van der Waals surface area contributed by atoms with E-state index in [1.165, 1.54) is 0 Å². The summed E-state index contributed by atoms with van der Waals surface area (Å²) in [7, 11) is 0. The molecule has 1 fully saturated rings. The van der Waals surface area contributed by atoms with Crippen molar-refractivity contribution in [2.24, 2.45) is 0 Å². The van der Waals surface area contributed by atoms with Crippen LogP contribution in [-0.2, 0) is 13.0 Å². The highest BCUT2D eigenvalue weighted by molar-refractivity contribution is 5.94. The second-order valence-corrected chi connectivity index (χ2v) is 5.89. The number of carbonyl (C=O) groups is 1. The van der Waals surface area contributed by atoms with Gasteiger partial charge in [0, 0.05) is 49.7 Å². The maximum absolute atomic E-state index is 13.0. The van der Waals surface area contributed by atoms with Gasteiger partial charge >= 0.3 is 0 Å². The first-order valence-electron chi connectivity index (χ1n) is 7.82. The van der Waals surface area contributed by atoms with Crippen molar-refractivity contribution >= 4 is 5.91 Å². The lowest BCUT2D eigenvalue weighted by Gasteiger charge is -2.25. The molecule has 2 aliphatic heterocycles. The SMILES string of the molecule is O=C(c1n[nH]c2c1CNCC2)N1CCCC1c1ccncc1. The van der Waals surface area contributed by atoms with Crippen molar-refractivity contribution in [3.63, 3.8) is 0 Å². The standard InChI is InChI=1S/C16H19N5O/c22-16(15-12-10-18-8-5-13(12)19-20-15)21-9-1-2-14(21)11-3-6-17-7-4-11/h3-4,6-7,14,18H,1-2,5,8-10H2,(H,19,20). The lowest BCUT2D eigenvalue weighted by atomic mass is 10.0. The normalized spacial score (nSPS) is 20.9. The van der Waals surface area contributed by atoms with Gasteiger partial charge in [0.15, 0.2) is 5.69 Å². The highest BCUT2D eigenvalue weighted by Crippen LogP contribution is 2.33. The van der Waals surface area contributed by atoms with Crippen LogP contribution in [0.25, 0.3) is 0 Å². The summed E-state index contributed by atoms with van der Waals surface area (Å²) in [4.78, 5) is 19.0. The van der Waals surface area contributed by atoms with E-state index in [0.717, 1.165) is 55.7 Å². The second kappa shape index (κ2) is 5.53. The minimum absolute atomic E-state index is 0.0421. The first kappa shape index (κ1) is 13.5. The first-order chi connectivity index (χ1) is 10.8. The van der Waals surface area contributed by atoms with Crippen LogP contribution in [-0.4, -0.2) is 39.1 Å². The summed E-state index contributed by atoms with van der Waals surface area (Å²) in [6.07, 6.45) is 6.51. The topological polar surface area (TPSA) is 73.9 Å². The van der Waals surface area contributed by atoms with Crippen molar-refractivity contribution in [3.8, 4) is 0 Å². The number of hydrogen-bond donors (Lipinski definition) is 2. The van der Waals surface area contributed by atoms with Crippen LogP contribution in [0.15, 0.2) is 24.5 Å². The number of nitrogens with one attached hydrogen (secondary N) is 2. The molecule has 2 N–H and O–H groups in total. The summed E-state index contributed by atoms with van der Waals surface area (Å²) < 4.78 is 0. The van der Waals surface area contributed by atoms with Gasteiger partial charge in [-0.1, -0.05) is 0 Å². The summed E-state index contributed by atoms with van der Waals surface area (Å²) in [6.45, 7) is 2.45. The van der Waals surface area contributed by atoms with Crippen LogP contribution < -0.4 is 5.32 Å². The molecule has 22 heavy (non-hydrogen) atoms. The van der Waals surface area contributed by atoms with Crippen molar-refractivity contribution in [1.82, 2.24) is 25.4 Å². The first-order valence-corrected chi connectivity index (χ1v) is 7.82. The van der Waals surface area contributed by atoms with Crippen LogP contribution >= 0.6 is 0 Å². The van der Waals surface area contributed by atoms with Gasteiger partial charge in [-0.15, -0.1) is 0 Å². The van der Waals surface area contributed by atoms with Crippen molar-refractivity contribution in [2.75, 3.05) is 13.1 Å². The fraction of sp³-hybridized carbons (Fsp3) is 0.438. The number of nitrogens with zero attached hydrogens (tertiary/aromatic N) is 3. The number of likely N-dealkylation sites (tertiary alicyclic amines) is 1. The molecule has 0 radical (unpaired) electrons. The zero-order chi connectivity index (χ0) is 14.9. The molecule has 6 nitrogen and oxygen atoms in total. The molecule has 4 rings (SSSR count). The summed E-state index contributed by atoms with van der Waals surface area (Å²) >= 11 is 0. The molecule has 1 amide bonds. The van der Waals surface area contributed by atoms with Crippen LogP contribution in [0, 0.1) is 0 Å². The van der Waals surface area contributed by atoms with Crippen LogP contribution in [0.1, 0.15) is 46.2 Å². The maximum atomic E-state index is 13.0. The van der Waals surface area contributed by atoms with Crippen LogP contribution in [0.2, 0.25) is 0 Å². The van der Waals surface area contributed by atoms with Gasteiger partial charge < -0.3 is 10.2 Å². The molecule has 0 aromatic carbocycles. The Kier molecular flexibility index (Phi) is 3.38. The third kappa shape index (κ3) is 2.20. The number of hydrogen-bond acceptors (Lipinski definition) is 4. The van der Waals surface area contributed by atoms with Crippen molar-refractivity contribution in [3.05, 3.63) is 47.0 Å². The van der Waals surface area contributed by atoms with E-state index in [9.17, 15) is 4.79 Å². The number of carbonyl (C=O) groups excluding carboxylic acids is 1. The summed E-state index contributed by atoms with van der Waals surface area (Å²) in [5.41, 5.74) is 3.88. The fourth-order valence-corrected chi connectivity index (χ4v) is 3.48. The number of aromatic nitrogens is 3. The van der Waals surface area contributed by atoms with Gasteiger partial charge in [0.05, 0.1) is 6.04 Å². The Hall–Kier alpha value is -2.21. The monoisotopic (exact) mass is 297 g/mol. The van der Waals surface area contributed by atoms with Gasteiger partial charge in [0.2, 0.25) is 0 Å². The van der Waals surface area contributed by atoms with E-state index in [1.54, 1.807) is 12.4 Å². The summed E-state index contributed by atoms with van der Waals surface area (Å²) in [5, 5.41) is 10.7. The quantitative estimate of drug-likeness (QED) is 0.879. The molecule has 0 spiro atoms. The van der Waals surface area contributed by atoms with Crippen molar-refractivity contribution < 1.29 is 4.79 Å². The molecule has 114 valence electrons. The molecule has 0 aliphatic carbocycles. The highest BCUT2D eigenvalue weighted by atomic mass is 16.2. The molecule has 1 atom stereocenters. The smallest absolute Gasteiger partial charge is 0.275 e. The Bertz CT molecular complexity index is 681. The van der Waals surface area contributed by atoms with Gasteiger partial charge in [-0.25, -0.2) is 0 Å². The second-order valence-electron chi connectivity index (χ2n) is 5.89. The maximum Gasteiger partial charge on any atom is 0.275 e. The molecule has 0 bridgehead atoms.